The minimum atomic E-state index is 0.936. The van der Waals surface area contributed by atoms with Crippen LogP contribution in [0.4, 0.5) is 0 Å². The van der Waals surface area contributed by atoms with Gasteiger partial charge in [0.05, 0.1) is 11.2 Å². The third kappa shape index (κ3) is 2.42. The molecule has 0 atom stereocenters. The molecule has 0 bridgehead atoms. The summed E-state index contributed by atoms with van der Waals surface area (Å²) in [6.07, 6.45) is 9.06. The van der Waals surface area contributed by atoms with Crippen LogP contribution in [0.25, 0.3) is 38.5 Å². The van der Waals surface area contributed by atoms with Gasteiger partial charge in [0, 0.05) is 54.0 Å². The SMILES string of the molecule is Cn1c2ccncc2c2ccc(-c3ccc(C4=CCNCC4)nc3)cc21. The van der Waals surface area contributed by atoms with Gasteiger partial charge in [0.1, 0.15) is 0 Å². The van der Waals surface area contributed by atoms with E-state index in [1.807, 2.05) is 18.6 Å². The Hall–Kier alpha value is -2.98. The summed E-state index contributed by atoms with van der Waals surface area (Å²) in [5, 5.41) is 5.78. The molecule has 1 aliphatic heterocycles. The summed E-state index contributed by atoms with van der Waals surface area (Å²) in [6.45, 7) is 1.97. The maximum absolute atomic E-state index is 4.71. The zero-order valence-corrected chi connectivity index (χ0v) is 14.7. The molecule has 0 aliphatic carbocycles. The number of rotatable bonds is 2. The molecule has 4 heteroatoms. The maximum Gasteiger partial charge on any atom is 0.0659 e. The van der Waals surface area contributed by atoms with Gasteiger partial charge in [-0.1, -0.05) is 24.3 Å². The highest BCUT2D eigenvalue weighted by molar-refractivity contribution is 6.08. The van der Waals surface area contributed by atoms with Crippen LogP contribution in [0.3, 0.4) is 0 Å². The molecule has 4 heterocycles. The number of hydrogen-bond acceptors (Lipinski definition) is 3. The quantitative estimate of drug-likeness (QED) is 0.596. The van der Waals surface area contributed by atoms with E-state index < -0.39 is 0 Å². The number of hydrogen-bond donors (Lipinski definition) is 1. The van der Waals surface area contributed by atoms with E-state index in [4.69, 9.17) is 4.98 Å². The molecule has 1 aliphatic rings. The Balaban J connectivity index is 1.57. The molecule has 0 spiro atoms. The molecule has 0 radical (unpaired) electrons. The molecule has 0 fully saturated rings. The normalized spacial score (nSPS) is 14.7. The van der Waals surface area contributed by atoms with E-state index in [-0.39, 0.29) is 0 Å². The van der Waals surface area contributed by atoms with Crippen molar-refractivity contribution in [3.05, 3.63) is 66.8 Å². The minimum Gasteiger partial charge on any atom is -0.343 e. The van der Waals surface area contributed by atoms with Crippen molar-refractivity contribution < 1.29 is 0 Å². The molecule has 0 unspecified atom stereocenters. The summed E-state index contributed by atoms with van der Waals surface area (Å²) in [5.41, 5.74) is 7.19. The Morgan fingerprint density at radius 3 is 2.69 bits per heavy atom. The minimum absolute atomic E-state index is 0.936. The van der Waals surface area contributed by atoms with Crippen LogP contribution in [-0.4, -0.2) is 27.6 Å². The predicted molar refractivity (Wildman–Crippen MR) is 107 cm³/mol. The molecule has 26 heavy (non-hydrogen) atoms. The van der Waals surface area contributed by atoms with Gasteiger partial charge in [0.25, 0.3) is 0 Å². The molecule has 3 aromatic heterocycles. The zero-order valence-electron chi connectivity index (χ0n) is 14.7. The summed E-state index contributed by atoms with van der Waals surface area (Å²) in [5.74, 6) is 0. The van der Waals surface area contributed by atoms with E-state index in [1.54, 1.807) is 0 Å². The van der Waals surface area contributed by atoms with E-state index in [0.29, 0.717) is 0 Å². The molecule has 128 valence electrons. The van der Waals surface area contributed by atoms with Crippen LogP contribution in [0.15, 0.2) is 61.1 Å². The summed E-state index contributed by atoms with van der Waals surface area (Å²) in [4.78, 5) is 8.99. The van der Waals surface area contributed by atoms with Crippen molar-refractivity contribution in [2.24, 2.45) is 7.05 Å². The van der Waals surface area contributed by atoms with Gasteiger partial charge in [-0.3, -0.25) is 9.97 Å². The van der Waals surface area contributed by atoms with Gasteiger partial charge < -0.3 is 9.88 Å². The number of nitrogens with one attached hydrogen (secondary N) is 1. The summed E-state index contributed by atoms with van der Waals surface area (Å²) < 4.78 is 2.23. The highest BCUT2D eigenvalue weighted by Gasteiger charge is 2.11. The Morgan fingerprint density at radius 1 is 0.962 bits per heavy atom. The first-order valence-electron chi connectivity index (χ1n) is 9.00. The van der Waals surface area contributed by atoms with E-state index in [9.17, 15) is 0 Å². The third-order valence-corrected chi connectivity index (χ3v) is 5.30. The van der Waals surface area contributed by atoms with Gasteiger partial charge in [0.15, 0.2) is 0 Å². The highest BCUT2D eigenvalue weighted by atomic mass is 14.9. The van der Waals surface area contributed by atoms with Gasteiger partial charge in [-0.05, 0) is 42.3 Å². The fraction of sp³-hybridized carbons (Fsp3) is 0.182. The lowest BCUT2D eigenvalue weighted by molar-refractivity contribution is 0.737. The Morgan fingerprint density at radius 2 is 1.88 bits per heavy atom. The largest absolute Gasteiger partial charge is 0.343 e. The van der Waals surface area contributed by atoms with Crippen LogP contribution >= 0.6 is 0 Å². The van der Waals surface area contributed by atoms with Crippen LogP contribution in [0, 0.1) is 0 Å². The topological polar surface area (TPSA) is 42.7 Å². The number of pyridine rings is 2. The second kappa shape index (κ2) is 6.07. The van der Waals surface area contributed by atoms with Gasteiger partial charge >= 0.3 is 0 Å². The molecule has 0 amide bonds. The number of benzene rings is 1. The van der Waals surface area contributed by atoms with Crippen LogP contribution in [-0.2, 0) is 7.05 Å². The molecule has 5 rings (SSSR count). The first-order valence-corrected chi connectivity index (χ1v) is 9.00. The lowest BCUT2D eigenvalue weighted by Crippen LogP contribution is -2.20. The fourth-order valence-electron chi connectivity index (χ4n) is 3.84. The van der Waals surface area contributed by atoms with Crippen LogP contribution in [0.2, 0.25) is 0 Å². The zero-order chi connectivity index (χ0) is 17.5. The monoisotopic (exact) mass is 340 g/mol. The van der Waals surface area contributed by atoms with Gasteiger partial charge in [-0.25, -0.2) is 0 Å². The van der Waals surface area contributed by atoms with Crippen molar-refractivity contribution in [2.75, 3.05) is 13.1 Å². The van der Waals surface area contributed by atoms with Crippen molar-refractivity contribution in [2.45, 2.75) is 6.42 Å². The third-order valence-electron chi connectivity index (χ3n) is 5.30. The van der Waals surface area contributed by atoms with Crippen LogP contribution < -0.4 is 5.32 Å². The molecule has 1 aromatic carbocycles. The van der Waals surface area contributed by atoms with Crippen molar-refractivity contribution >= 4 is 27.4 Å². The smallest absolute Gasteiger partial charge is 0.0659 e. The molecule has 0 saturated carbocycles. The number of nitrogens with zero attached hydrogens (tertiary/aromatic N) is 3. The van der Waals surface area contributed by atoms with Crippen molar-refractivity contribution in [1.82, 2.24) is 19.9 Å². The lowest BCUT2D eigenvalue weighted by atomic mass is 10.0. The van der Waals surface area contributed by atoms with Gasteiger partial charge in [-0.2, -0.15) is 0 Å². The molecular formula is C22H20N4. The van der Waals surface area contributed by atoms with E-state index in [1.165, 1.54) is 32.9 Å². The molecule has 4 aromatic rings. The fourth-order valence-corrected chi connectivity index (χ4v) is 3.84. The Bertz CT molecular complexity index is 1140. The average molecular weight is 340 g/mol. The number of aromatic nitrogens is 3. The summed E-state index contributed by atoms with van der Waals surface area (Å²) in [6, 6.07) is 13.0. The van der Waals surface area contributed by atoms with E-state index in [0.717, 1.165) is 30.8 Å². The van der Waals surface area contributed by atoms with Crippen LogP contribution in [0.5, 0.6) is 0 Å². The van der Waals surface area contributed by atoms with E-state index in [2.05, 4.69) is 64.4 Å². The highest BCUT2D eigenvalue weighted by Crippen LogP contribution is 2.31. The van der Waals surface area contributed by atoms with Crippen LogP contribution in [0.1, 0.15) is 12.1 Å². The molecule has 1 N–H and O–H groups in total. The van der Waals surface area contributed by atoms with E-state index >= 15 is 0 Å². The van der Waals surface area contributed by atoms with Crippen molar-refractivity contribution in [3.8, 4) is 11.1 Å². The second-order valence-corrected chi connectivity index (χ2v) is 6.80. The van der Waals surface area contributed by atoms with Crippen molar-refractivity contribution in [3.63, 3.8) is 0 Å². The first-order chi connectivity index (χ1) is 12.8. The first kappa shape index (κ1) is 15.3. The summed E-state index contributed by atoms with van der Waals surface area (Å²) >= 11 is 0. The average Bonchev–Trinajstić information content (AvgIpc) is 3.01. The molecule has 4 nitrogen and oxygen atoms in total. The summed E-state index contributed by atoms with van der Waals surface area (Å²) in [7, 11) is 2.11. The molecular weight excluding hydrogens is 320 g/mol. The molecule has 0 saturated heterocycles. The lowest BCUT2D eigenvalue weighted by Gasteiger charge is -2.13. The number of aryl methyl sites for hydroxylation is 1. The standard InChI is InChI=1S/C22H20N4/c1-26-21-8-11-24-14-19(21)18-4-2-16(12-22(18)26)17-3-5-20(25-13-17)15-6-9-23-10-7-15/h2-6,8,11-14,23H,7,9-10H2,1H3. The Labute approximate surface area is 152 Å². The number of fused-ring (bicyclic) bond motifs is 3. The van der Waals surface area contributed by atoms with Gasteiger partial charge in [0.2, 0.25) is 0 Å². The second-order valence-electron chi connectivity index (χ2n) is 6.80. The van der Waals surface area contributed by atoms with Crippen molar-refractivity contribution in [1.29, 1.82) is 0 Å². The Kier molecular flexibility index (Phi) is 3.57. The predicted octanol–water partition coefficient (Wildman–Crippen LogP) is 4.17. The van der Waals surface area contributed by atoms with Gasteiger partial charge in [-0.15, -0.1) is 0 Å². The maximum atomic E-state index is 4.71.